The molecule has 9 nitrogen and oxygen atoms in total. The zero-order valence-electron chi connectivity index (χ0n) is 24.5. The van der Waals surface area contributed by atoms with Gasteiger partial charge in [-0.15, -0.1) is 0 Å². The molecule has 4 aromatic rings. The molecule has 3 aromatic carbocycles. The highest BCUT2D eigenvalue weighted by atomic mass is 32.2. The second kappa shape index (κ2) is 11.4. The Bertz CT molecular complexity index is 1750. The van der Waals surface area contributed by atoms with Crippen LogP contribution in [0.1, 0.15) is 29.5 Å². The summed E-state index contributed by atoms with van der Waals surface area (Å²) in [7, 11) is -1.66. The highest BCUT2D eigenvalue weighted by Crippen LogP contribution is 2.47. The summed E-state index contributed by atoms with van der Waals surface area (Å²) in [4.78, 5) is 34.2. The van der Waals surface area contributed by atoms with E-state index in [4.69, 9.17) is 0 Å². The molecule has 1 saturated heterocycles. The van der Waals surface area contributed by atoms with Gasteiger partial charge >= 0.3 is 6.03 Å². The zero-order valence-corrected chi connectivity index (χ0v) is 25.3. The van der Waals surface area contributed by atoms with E-state index in [-0.39, 0.29) is 17.4 Å². The summed E-state index contributed by atoms with van der Waals surface area (Å²) in [6.45, 7) is 1.74. The highest BCUT2D eigenvalue weighted by Gasteiger charge is 2.47. The smallest absolute Gasteiger partial charge is 0.318 e. The van der Waals surface area contributed by atoms with Crippen LogP contribution in [0.2, 0.25) is 0 Å². The number of rotatable bonds is 7. The van der Waals surface area contributed by atoms with Gasteiger partial charge in [0, 0.05) is 62.2 Å². The molecule has 3 heterocycles. The van der Waals surface area contributed by atoms with Gasteiger partial charge in [0.2, 0.25) is 15.9 Å². The predicted molar refractivity (Wildman–Crippen MR) is 168 cm³/mol. The molecule has 0 radical (unpaired) electrons. The Labute approximate surface area is 252 Å². The lowest BCUT2D eigenvalue weighted by atomic mass is 9.74. The van der Waals surface area contributed by atoms with Crippen LogP contribution in [-0.4, -0.2) is 74.1 Å². The van der Waals surface area contributed by atoms with E-state index in [1.54, 1.807) is 16.8 Å². The van der Waals surface area contributed by atoms with Crippen molar-refractivity contribution in [2.45, 2.75) is 37.3 Å². The summed E-state index contributed by atoms with van der Waals surface area (Å²) in [5.74, 6) is -0.163. The van der Waals surface area contributed by atoms with E-state index in [1.807, 2.05) is 85.1 Å². The van der Waals surface area contributed by atoms with Crippen LogP contribution in [0, 0.1) is 0 Å². The fraction of sp³-hybridized carbons (Fsp3) is 0.333. The first-order valence-corrected chi connectivity index (χ1v) is 16.5. The van der Waals surface area contributed by atoms with Crippen molar-refractivity contribution in [3.8, 4) is 0 Å². The number of nitrogens with zero attached hydrogens (tertiary/aromatic N) is 3. The largest absolute Gasteiger partial charge is 0.361 e. The van der Waals surface area contributed by atoms with Crippen LogP contribution >= 0.6 is 0 Å². The number of benzene rings is 3. The molecule has 1 fully saturated rings. The van der Waals surface area contributed by atoms with E-state index < -0.39 is 16.1 Å². The van der Waals surface area contributed by atoms with Crippen LogP contribution in [0.15, 0.2) is 85.1 Å². The first-order valence-electron chi connectivity index (χ1n) is 14.6. The summed E-state index contributed by atoms with van der Waals surface area (Å²) >= 11 is 0. The van der Waals surface area contributed by atoms with Gasteiger partial charge in [-0.3, -0.25) is 9.10 Å². The Morgan fingerprint density at radius 3 is 2.40 bits per heavy atom. The standard InChI is InChI=1S/C33H37N5O4S/c1-36(22-24-10-4-3-5-11-24)31(39)29(20-25-21-34-28-14-8-6-12-26(25)28)35-32(40)37-18-16-33(17-19-37)23-38(43(2,41)42)30-15-9-7-13-27(30)33/h3-15,21,29,34H,16-20,22-23H2,1-2H3,(H,35,40)/t29-/m0/s1. The molecule has 2 aliphatic heterocycles. The Kier molecular flexibility index (Phi) is 7.64. The lowest BCUT2D eigenvalue weighted by Crippen LogP contribution is -2.55. The van der Waals surface area contributed by atoms with Crippen molar-refractivity contribution in [3.05, 3.63) is 102 Å². The fourth-order valence-electron chi connectivity index (χ4n) is 6.61. The maximum atomic E-state index is 13.8. The van der Waals surface area contributed by atoms with E-state index in [9.17, 15) is 18.0 Å². The van der Waals surface area contributed by atoms with Crippen molar-refractivity contribution in [1.29, 1.82) is 0 Å². The molecule has 0 saturated carbocycles. The SMILES string of the molecule is CN(Cc1ccccc1)C(=O)[C@H](Cc1c[nH]c2ccccc12)NC(=O)N1CCC2(CC1)CN(S(C)(=O)=O)c1ccccc12. The maximum absolute atomic E-state index is 13.8. The van der Waals surface area contributed by atoms with E-state index in [0.717, 1.165) is 33.3 Å². The van der Waals surface area contributed by atoms with Crippen LogP contribution in [0.3, 0.4) is 0 Å². The van der Waals surface area contributed by atoms with Gasteiger partial charge in [-0.1, -0.05) is 66.7 Å². The van der Waals surface area contributed by atoms with Crippen LogP contribution in [0.5, 0.6) is 0 Å². The van der Waals surface area contributed by atoms with Gasteiger partial charge in [0.25, 0.3) is 0 Å². The van der Waals surface area contributed by atoms with Gasteiger partial charge in [0.15, 0.2) is 0 Å². The number of carbonyl (C=O) groups excluding carboxylic acids is 2. The van der Waals surface area contributed by atoms with Crippen molar-refractivity contribution >= 4 is 38.6 Å². The average molecular weight is 600 g/mol. The lowest BCUT2D eigenvalue weighted by molar-refractivity contribution is -0.132. The molecule has 43 heavy (non-hydrogen) atoms. The van der Waals surface area contributed by atoms with E-state index in [2.05, 4.69) is 10.3 Å². The van der Waals surface area contributed by atoms with Crippen molar-refractivity contribution < 1.29 is 18.0 Å². The number of nitrogens with one attached hydrogen (secondary N) is 2. The number of urea groups is 1. The van der Waals surface area contributed by atoms with E-state index in [0.29, 0.717) is 45.4 Å². The van der Waals surface area contributed by atoms with Crippen molar-refractivity contribution in [3.63, 3.8) is 0 Å². The number of piperidine rings is 1. The number of fused-ring (bicyclic) bond motifs is 3. The zero-order chi connectivity index (χ0) is 30.2. The summed E-state index contributed by atoms with van der Waals surface area (Å²) < 4.78 is 26.6. The third-order valence-corrected chi connectivity index (χ3v) is 10.1. The summed E-state index contributed by atoms with van der Waals surface area (Å²) in [6.07, 6.45) is 4.77. The molecule has 0 unspecified atom stereocenters. The highest BCUT2D eigenvalue weighted by molar-refractivity contribution is 7.92. The van der Waals surface area contributed by atoms with Gasteiger partial charge in [0.05, 0.1) is 11.9 Å². The molecular formula is C33H37N5O4S. The molecule has 1 spiro atoms. The van der Waals surface area contributed by atoms with Crippen molar-refractivity contribution in [1.82, 2.24) is 20.1 Å². The number of sulfonamides is 1. The van der Waals surface area contributed by atoms with Crippen molar-refractivity contribution in [2.75, 3.05) is 37.2 Å². The van der Waals surface area contributed by atoms with Gasteiger partial charge in [-0.25, -0.2) is 13.2 Å². The predicted octanol–water partition coefficient (Wildman–Crippen LogP) is 4.26. The molecule has 2 aliphatic rings. The number of aromatic nitrogens is 1. The normalized spacial score (nSPS) is 16.7. The van der Waals surface area contributed by atoms with Crippen LogP contribution in [0.25, 0.3) is 10.9 Å². The number of likely N-dealkylation sites (tertiary alicyclic amines) is 1. The molecule has 6 rings (SSSR count). The van der Waals surface area contributed by atoms with Crippen LogP contribution < -0.4 is 9.62 Å². The summed E-state index contributed by atoms with van der Waals surface area (Å²) in [6, 6.07) is 24.3. The number of para-hydroxylation sites is 2. The van der Waals surface area contributed by atoms with Crippen LogP contribution in [0.4, 0.5) is 10.5 Å². The van der Waals surface area contributed by atoms with Gasteiger partial charge in [-0.2, -0.15) is 0 Å². The second-order valence-electron chi connectivity index (χ2n) is 11.8. The summed E-state index contributed by atoms with van der Waals surface area (Å²) in [5, 5.41) is 4.09. The molecule has 1 aromatic heterocycles. The fourth-order valence-corrected chi connectivity index (χ4v) is 7.61. The summed E-state index contributed by atoms with van der Waals surface area (Å²) in [5.41, 5.74) is 4.37. The number of anilines is 1. The Hall–Kier alpha value is -4.31. The number of hydrogen-bond acceptors (Lipinski definition) is 4. The van der Waals surface area contributed by atoms with Gasteiger partial charge < -0.3 is 20.1 Å². The van der Waals surface area contributed by atoms with E-state index in [1.165, 1.54) is 10.6 Å². The topological polar surface area (TPSA) is 106 Å². The number of H-pyrrole nitrogens is 1. The molecular weight excluding hydrogens is 562 g/mol. The van der Waals surface area contributed by atoms with Crippen LogP contribution in [-0.2, 0) is 33.2 Å². The minimum atomic E-state index is -3.42. The quantitative estimate of drug-likeness (QED) is 0.331. The molecule has 3 amide bonds. The average Bonchev–Trinajstić information content (AvgIpc) is 3.56. The minimum absolute atomic E-state index is 0.163. The van der Waals surface area contributed by atoms with E-state index >= 15 is 0 Å². The molecule has 10 heteroatoms. The maximum Gasteiger partial charge on any atom is 0.318 e. The number of likely N-dealkylation sites (N-methyl/N-ethyl adjacent to an activating group) is 1. The Morgan fingerprint density at radius 2 is 1.65 bits per heavy atom. The minimum Gasteiger partial charge on any atom is -0.361 e. The first kappa shape index (κ1) is 28.8. The molecule has 224 valence electrons. The first-order chi connectivity index (χ1) is 20.6. The van der Waals surface area contributed by atoms with Gasteiger partial charge in [-0.05, 0) is 41.7 Å². The Morgan fingerprint density at radius 1 is 0.977 bits per heavy atom. The third-order valence-electron chi connectivity index (χ3n) is 8.93. The lowest BCUT2D eigenvalue weighted by Gasteiger charge is -2.40. The molecule has 0 aliphatic carbocycles. The molecule has 1 atom stereocenters. The number of aromatic amines is 1. The number of carbonyl (C=O) groups is 2. The molecule has 2 N–H and O–H groups in total. The third kappa shape index (κ3) is 5.71. The number of hydrogen-bond donors (Lipinski definition) is 2. The second-order valence-corrected chi connectivity index (χ2v) is 13.7. The monoisotopic (exact) mass is 599 g/mol. The van der Waals surface area contributed by atoms with Gasteiger partial charge in [0.1, 0.15) is 6.04 Å². The molecule has 0 bridgehead atoms. The Balaban J connectivity index is 1.19. The number of amides is 3. The van der Waals surface area contributed by atoms with Crippen molar-refractivity contribution in [2.24, 2.45) is 0 Å².